The molecule has 48 heavy (non-hydrogen) atoms. The molecule has 2 nitrogen and oxygen atoms in total. The van der Waals surface area contributed by atoms with Gasteiger partial charge in [-0.1, -0.05) is 171 Å². The Morgan fingerprint density at radius 1 is 0.375 bits per heavy atom. The molecule has 0 N–H and O–H groups in total. The molecule has 0 aliphatic heterocycles. The molecule has 2 aliphatic rings. The van der Waals surface area contributed by atoms with Gasteiger partial charge < -0.3 is 0 Å². The average molecular weight is 617 g/mol. The Morgan fingerprint density at radius 2 is 0.875 bits per heavy atom. The normalized spacial score (nSPS) is 14.4. The summed E-state index contributed by atoms with van der Waals surface area (Å²) in [6.45, 7) is 0. The summed E-state index contributed by atoms with van der Waals surface area (Å²) >= 11 is 0. The van der Waals surface area contributed by atoms with Gasteiger partial charge >= 0.3 is 0 Å². The summed E-state index contributed by atoms with van der Waals surface area (Å²) in [5.41, 5.74) is 16.2. The van der Waals surface area contributed by atoms with Gasteiger partial charge in [0, 0.05) is 22.1 Å². The lowest BCUT2D eigenvalue weighted by molar-refractivity contribution is 0.353. The fraction of sp³-hybridized carbons (Fsp3) is 0.130. The highest BCUT2D eigenvalue weighted by molar-refractivity contribution is 5.89. The number of hydrogen-bond donors (Lipinski definition) is 0. The molecule has 0 amide bonds. The third kappa shape index (κ3) is 4.88. The van der Waals surface area contributed by atoms with Crippen LogP contribution in [0.4, 0.5) is 0 Å². The summed E-state index contributed by atoms with van der Waals surface area (Å²) in [5.74, 6) is 0.729. The summed E-state index contributed by atoms with van der Waals surface area (Å²) in [5, 5.41) is 0. The van der Waals surface area contributed by atoms with E-state index in [1.54, 1.807) is 5.56 Å². The molecule has 1 fully saturated rings. The van der Waals surface area contributed by atoms with Crippen LogP contribution in [0.1, 0.15) is 43.2 Å². The van der Waals surface area contributed by atoms with Crippen molar-refractivity contribution in [1.82, 2.24) is 9.97 Å². The van der Waals surface area contributed by atoms with Crippen LogP contribution in [0, 0.1) is 0 Å². The fourth-order valence-corrected chi connectivity index (χ4v) is 8.22. The molecule has 9 rings (SSSR count). The van der Waals surface area contributed by atoms with Crippen molar-refractivity contribution in [3.05, 3.63) is 169 Å². The SMILES string of the molecule is c1ccc(-c2cc(-c3ccccc3)nc(-c3ccc(-c4ccc(-c5cccc6c5C5(CCCCC5)c5ccccc5-6)cc4)cc3)n2)cc1. The molecule has 1 heterocycles. The third-order valence-electron chi connectivity index (χ3n) is 10.5. The second-order valence-electron chi connectivity index (χ2n) is 13.3. The van der Waals surface area contributed by atoms with Gasteiger partial charge in [-0.05, 0) is 63.4 Å². The Bertz CT molecular complexity index is 2170. The van der Waals surface area contributed by atoms with Crippen LogP contribution in [0.25, 0.3) is 67.3 Å². The molecule has 230 valence electrons. The predicted molar refractivity (Wildman–Crippen MR) is 199 cm³/mol. The fourth-order valence-electron chi connectivity index (χ4n) is 8.22. The van der Waals surface area contributed by atoms with E-state index in [1.165, 1.54) is 71.0 Å². The summed E-state index contributed by atoms with van der Waals surface area (Å²) < 4.78 is 0. The molecular formula is C46H36N2. The van der Waals surface area contributed by atoms with Crippen LogP contribution in [0.3, 0.4) is 0 Å². The second-order valence-corrected chi connectivity index (χ2v) is 13.3. The Morgan fingerprint density at radius 3 is 1.50 bits per heavy atom. The van der Waals surface area contributed by atoms with Crippen LogP contribution < -0.4 is 0 Å². The van der Waals surface area contributed by atoms with Gasteiger partial charge in [-0.15, -0.1) is 0 Å². The third-order valence-corrected chi connectivity index (χ3v) is 10.5. The van der Waals surface area contributed by atoms with Gasteiger partial charge in [0.05, 0.1) is 11.4 Å². The lowest BCUT2D eigenvalue weighted by Crippen LogP contribution is -2.28. The molecule has 2 heteroatoms. The van der Waals surface area contributed by atoms with E-state index in [2.05, 4.69) is 146 Å². The standard InChI is InChI=1S/C46H36N2/c1-4-13-35(14-5-1)42-31-43(36-15-6-2-7-16-36)48-45(47-42)37-27-23-33(24-28-37)32-21-25-34(26-22-32)38-18-12-19-40-39-17-8-9-20-41(39)46(44(38)40)29-10-3-11-30-46/h1-2,4-9,12-28,31H,3,10-11,29-30H2. The van der Waals surface area contributed by atoms with Crippen molar-refractivity contribution in [3.8, 4) is 67.3 Å². The van der Waals surface area contributed by atoms with E-state index < -0.39 is 0 Å². The van der Waals surface area contributed by atoms with Gasteiger partial charge in [-0.2, -0.15) is 0 Å². The van der Waals surface area contributed by atoms with E-state index in [9.17, 15) is 0 Å². The lowest BCUT2D eigenvalue weighted by Gasteiger charge is -2.37. The Balaban J connectivity index is 1.05. The lowest BCUT2D eigenvalue weighted by atomic mass is 9.66. The minimum absolute atomic E-state index is 0.134. The molecule has 0 atom stereocenters. The Kier molecular flexibility index (Phi) is 7.08. The maximum absolute atomic E-state index is 5.02. The van der Waals surface area contributed by atoms with Crippen molar-refractivity contribution >= 4 is 0 Å². The van der Waals surface area contributed by atoms with Gasteiger partial charge in [0.2, 0.25) is 0 Å². The molecule has 0 bridgehead atoms. The topological polar surface area (TPSA) is 25.8 Å². The van der Waals surface area contributed by atoms with Crippen molar-refractivity contribution in [3.63, 3.8) is 0 Å². The molecule has 0 unspecified atom stereocenters. The smallest absolute Gasteiger partial charge is 0.160 e. The van der Waals surface area contributed by atoms with Crippen LogP contribution in [-0.2, 0) is 5.41 Å². The van der Waals surface area contributed by atoms with Crippen molar-refractivity contribution in [2.24, 2.45) is 0 Å². The molecule has 7 aromatic rings. The average Bonchev–Trinajstić information content (AvgIpc) is 3.44. The first kappa shape index (κ1) is 28.6. The van der Waals surface area contributed by atoms with Gasteiger partial charge in [0.25, 0.3) is 0 Å². The first-order chi connectivity index (χ1) is 23.8. The summed E-state index contributed by atoms with van der Waals surface area (Å²) in [6, 6.07) is 56.7. The predicted octanol–water partition coefficient (Wildman–Crippen LogP) is 12.0. The Labute approximate surface area is 282 Å². The Hall–Kier alpha value is -5.60. The molecular weight excluding hydrogens is 581 g/mol. The minimum atomic E-state index is 0.134. The molecule has 1 saturated carbocycles. The monoisotopic (exact) mass is 616 g/mol. The zero-order valence-electron chi connectivity index (χ0n) is 26.9. The van der Waals surface area contributed by atoms with Gasteiger partial charge in [-0.3, -0.25) is 0 Å². The molecule has 0 radical (unpaired) electrons. The van der Waals surface area contributed by atoms with Crippen molar-refractivity contribution in [2.75, 3.05) is 0 Å². The molecule has 2 aliphatic carbocycles. The number of hydrogen-bond acceptors (Lipinski definition) is 2. The van der Waals surface area contributed by atoms with E-state index in [1.807, 2.05) is 12.1 Å². The van der Waals surface area contributed by atoms with E-state index in [0.29, 0.717) is 0 Å². The molecule has 6 aromatic carbocycles. The van der Waals surface area contributed by atoms with Crippen LogP contribution in [-0.4, -0.2) is 9.97 Å². The maximum Gasteiger partial charge on any atom is 0.160 e. The van der Waals surface area contributed by atoms with E-state index >= 15 is 0 Å². The number of benzene rings is 6. The first-order valence-electron chi connectivity index (χ1n) is 17.2. The number of fused-ring (bicyclic) bond motifs is 5. The first-order valence-corrected chi connectivity index (χ1v) is 17.2. The van der Waals surface area contributed by atoms with Crippen molar-refractivity contribution < 1.29 is 0 Å². The van der Waals surface area contributed by atoms with Crippen molar-refractivity contribution in [1.29, 1.82) is 0 Å². The highest BCUT2D eigenvalue weighted by atomic mass is 14.9. The van der Waals surface area contributed by atoms with Crippen LogP contribution in [0.15, 0.2) is 158 Å². The van der Waals surface area contributed by atoms with Gasteiger partial charge in [0.1, 0.15) is 0 Å². The molecule has 0 saturated heterocycles. The van der Waals surface area contributed by atoms with Crippen molar-refractivity contribution in [2.45, 2.75) is 37.5 Å². The quantitative estimate of drug-likeness (QED) is 0.192. The number of nitrogens with zero attached hydrogens (tertiary/aromatic N) is 2. The van der Waals surface area contributed by atoms with E-state index in [0.717, 1.165) is 33.9 Å². The van der Waals surface area contributed by atoms with E-state index in [4.69, 9.17) is 9.97 Å². The number of rotatable bonds is 5. The highest BCUT2D eigenvalue weighted by Gasteiger charge is 2.45. The zero-order chi connectivity index (χ0) is 31.9. The maximum atomic E-state index is 5.02. The molecule has 1 aromatic heterocycles. The highest BCUT2D eigenvalue weighted by Crippen LogP contribution is 2.58. The zero-order valence-corrected chi connectivity index (χ0v) is 26.9. The van der Waals surface area contributed by atoms with E-state index in [-0.39, 0.29) is 5.41 Å². The second kappa shape index (κ2) is 11.9. The minimum Gasteiger partial charge on any atom is -0.228 e. The van der Waals surface area contributed by atoms with Crippen LogP contribution in [0.2, 0.25) is 0 Å². The molecule has 1 spiro atoms. The largest absolute Gasteiger partial charge is 0.228 e. The van der Waals surface area contributed by atoms with Gasteiger partial charge in [0.15, 0.2) is 5.82 Å². The summed E-state index contributed by atoms with van der Waals surface area (Å²) in [7, 11) is 0. The van der Waals surface area contributed by atoms with Crippen LogP contribution >= 0.6 is 0 Å². The van der Waals surface area contributed by atoms with Crippen LogP contribution in [0.5, 0.6) is 0 Å². The summed E-state index contributed by atoms with van der Waals surface area (Å²) in [4.78, 5) is 10.0. The van der Waals surface area contributed by atoms with Gasteiger partial charge in [-0.25, -0.2) is 9.97 Å². The number of aromatic nitrogens is 2. The summed E-state index contributed by atoms with van der Waals surface area (Å²) in [6.07, 6.45) is 6.42.